The number of aromatic carboxylic acids is 1. The molecular formula is C17H21F2N3O2. The van der Waals surface area contributed by atoms with Crippen LogP contribution in [0.15, 0.2) is 12.3 Å². The van der Waals surface area contributed by atoms with Gasteiger partial charge in [0.15, 0.2) is 11.3 Å². The van der Waals surface area contributed by atoms with E-state index in [4.69, 9.17) is 5.11 Å². The van der Waals surface area contributed by atoms with Gasteiger partial charge in [-0.05, 0) is 24.3 Å². The largest absolute Gasteiger partial charge is 0.476 e. The van der Waals surface area contributed by atoms with E-state index in [1.807, 2.05) is 26.8 Å². The monoisotopic (exact) mass is 337 g/mol. The molecule has 0 bridgehead atoms. The Balaban J connectivity index is 2.08. The number of rotatable bonds is 2. The van der Waals surface area contributed by atoms with Gasteiger partial charge >= 0.3 is 5.97 Å². The highest BCUT2D eigenvalue weighted by Crippen LogP contribution is 2.41. The van der Waals surface area contributed by atoms with Gasteiger partial charge in [0.05, 0.1) is 11.9 Å². The molecule has 1 saturated carbocycles. The van der Waals surface area contributed by atoms with E-state index in [9.17, 15) is 13.6 Å². The smallest absolute Gasteiger partial charge is 0.356 e. The molecule has 2 aromatic heterocycles. The third-order valence-corrected chi connectivity index (χ3v) is 4.61. The van der Waals surface area contributed by atoms with Gasteiger partial charge in [-0.1, -0.05) is 20.8 Å². The molecule has 0 aliphatic heterocycles. The van der Waals surface area contributed by atoms with Crippen LogP contribution >= 0.6 is 0 Å². The number of halogens is 2. The molecule has 1 aliphatic rings. The van der Waals surface area contributed by atoms with Crippen molar-refractivity contribution in [3.05, 3.63) is 29.2 Å². The van der Waals surface area contributed by atoms with Crippen LogP contribution in [0.2, 0.25) is 0 Å². The van der Waals surface area contributed by atoms with Crippen LogP contribution in [0.25, 0.3) is 5.65 Å². The second-order valence-corrected chi connectivity index (χ2v) is 7.56. The molecule has 5 nitrogen and oxygen atoms in total. The van der Waals surface area contributed by atoms with E-state index in [1.165, 1.54) is 10.7 Å². The van der Waals surface area contributed by atoms with Crippen LogP contribution in [-0.4, -0.2) is 31.6 Å². The Morgan fingerprint density at radius 1 is 1.33 bits per heavy atom. The summed E-state index contributed by atoms with van der Waals surface area (Å²) in [5.41, 5.74) is 1.78. The van der Waals surface area contributed by atoms with Crippen molar-refractivity contribution >= 4 is 11.6 Å². The van der Waals surface area contributed by atoms with Crippen LogP contribution in [0.5, 0.6) is 0 Å². The lowest BCUT2D eigenvalue weighted by Crippen LogP contribution is -2.25. The van der Waals surface area contributed by atoms with Gasteiger partial charge in [0.25, 0.3) is 0 Å². The predicted octanol–water partition coefficient (Wildman–Crippen LogP) is 4.02. The van der Waals surface area contributed by atoms with Crippen molar-refractivity contribution in [1.82, 2.24) is 14.6 Å². The van der Waals surface area contributed by atoms with Crippen LogP contribution in [-0.2, 0) is 5.41 Å². The number of alkyl halides is 2. The van der Waals surface area contributed by atoms with E-state index < -0.39 is 11.9 Å². The van der Waals surface area contributed by atoms with E-state index in [0.717, 1.165) is 11.3 Å². The number of carboxylic acids is 1. The molecule has 1 aliphatic carbocycles. The lowest BCUT2D eigenvalue weighted by Gasteiger charge is -2.29. The van der Waals surface area contributed by atoms with Crippen molar-refractivity contribution < 1.29 is 18.7 Å². The minimum atomic E-state index is -2.58. The van der Waals surface area contributed by atoms with Crippen LogP contribution in [0.3, 0.4) is 0 Å². The van der Waals surface area contributed by atoms with E-state index in [1.54, 1.807) is 0 Å². The van der Waals surface area contributed by atoms with Crippen LogP contribution in [0, 0.1) is 0 Å². The third-order valence-electron chi connectivity index (χ3n) is 4.61. The fourth-order valence-electron chi connectivity index (χ4n) is 3.19. The minimum absolute atomic E-state index is 0.0363. The SMILES string of the molecule is CC(C)(C)c1cc(C2CCC(F)(F)CC2)nn2cc(C(=O)O)nc12. The van der Waals surface area contributed by atoms with E-state index >= 15 is 0 Å². The number of nitrogens with zero attached hydrogens (tertiary/aromatic N) is 3. The molecule has 0 atom stereocenters. The summed E-state index contributed by atoms with van der Waals surface area (Å²) in [5, 5.41) is 13.6. The number of carbonyl (C=O) groups is 1. The second-order valence-electron chi connectivity index (χ2n) is 7.56. The summed E-state index contributed by atoms with van der Waals surface area (Å²) in [7, 11) is 0. The standard InChI is InChI=1S/C17H21F2N3O2/c1-16(2,3)11-8-12(10-4-6-17(18,19)7-5-10)21-22-9-13(15(23)24)20-14(11)22/h8-10H,4-7H2,1-3H3,(H,23,24). The number of hydrogen-bond donors (Lipinski definition) is 1. The maximum Gasteiger partial charge on any atom is 0.356 e. The topological polar surface area (TPSA) is 67.5 Å². The van der Waals surface area contributed by atoms with Crippen molar-refractivity contribution in [3.8, 4) is 0 Å². The summed E-state index contributed by atoms with van der Waals surface area (Å²) in [6.45, 7) is 6.03. The molecule has 3 rings (SSSR count). The van der Waals surface area contributed by atoms with Gasteiger partial charge in [-0.3, -0.25) is 0 Å². The number of imidazole rings is 1. The summed E-state index contributed by atoms with van der Waals surface area (Å²) in [6.07, 6.45) is 1.89. The van der Waals surface area contributed by atoms with E-state index in [-0.39, 0.29) is 29.9 Å². The summed E-state index contributed by atoms with van der Waals surface area (Å²) in [4.78, 5) is 15.4. The molecule has 2 aromatic rings. The number of fused-ring (bicyclic) bond motifs is 1. The zero-order valence-electron chi connectivity index (χ0n) is 14.0. The molecule has 0 unspecified atom stereocenters. The van der Waals surface area contributed by atoms with Crippen LogP contribution < -0.4 is 0 Å². The second kappa shape index (κ2) is 5.50. The van der Waals surface area contributed by atoms with Crippen LogP contribution in [0.1, 0.15) is 74.1 Å². The molecule has 0 spiro atoms. The molecule has 1 fully saturated rings. The van der Waals surface area contributed by atoms with Crippen LogP contribution in [0.4, 0.5) is 8.78 Å². The molecular weight excluding hydrogens is 316 g/mol. The van der Waals surface area contributed by atoms with E-state index in [0.29, 0.717) is 18.5 Å². The summed E-state index contributed by atoms with van der Waals surface area (Å²) in [6, 6.07) is 1.90. The molecule has 0 radical (unpaired) electrons. The molecule has 0 aromatic carbocycles. The normalized spacial score (nSPS) is 18.9. The fraction of sp³-hybridized carbons (Fsp3) is 0.588. The van der Waals surface area contributed by atoms with Gasteiger partial charge in [0, 0.05) is 24.3 Å². The summed E-state index contributed by atoms with van der Waals surface area (Å²) < 4.78 is 28.3. The first-order valence-electron chi connectivity index (χ1n) is 8.09. The first-order valence-corrected chi connectivity index (χ1v) is 8.09. The van der Waals surface area contributed by atoms with Gasteiger partial charge in [-0.15, -0.1) is 0 Å². The molecule has 2 heterocycles. The van der Waals surface area contributed by atoms with Crippen molar-refractivity contribution in [2.75, 3.05) is 0 Å². The van der Waals surface area contributed by atoms with Gasteiger partial charge in [-0.25, -0.2) is 23.1 Å². The first-order chi connectivity index (χ1) is 11.1. The molecule has 0 saturated heterocycles. The quantitative estimate of drug-likeness (QED) is 0.899. The number of aromatic nitrogens is 3. The average molecular weight is 337 g/mol. The molecule has 0 amide bonds. The number of hydrogen-bond acceptors (Lipinski definition) is 3. The Hall–Kier alpha value is -2.05. The summed E-state index contributed by atoms with van der Waals surface area (Å²) >= 11 is 0. The fourth-order valence-corrected chi connectivity index (χ4v) is 3.19. The summed E-state index contributed by atoms with van der Waals surface area (Å²) in [5.74, 6) is -3.73. The Bertz CT molecular complexity index is 783. The Labute approximate surface area is 138 Å². The highest BCUT2D eigenvalue weighted by Gasteiger charge is 2.36. The first kappa shape index (κ1) is 16.8. The maximum absolute atomic E-state index is 13.4. The number of carboxylic acid groups (broad SMARTS) is 1. The van der Waals surface area contributed by atoms with Gasteiger partial charge in [0.2, 0.25) is 5.92 Å². The lowest BCUT2D eigenvalue weighted by atomic mass is 9.82. The van der Waals surface area contributed by atoms with Crippen molar-refractivity contribution in [3.63, 3.8) is 0 Å². The Morgan fingerprint density at radius 3 is 2.50 bits per heavy atom. The van der Waals surface area contributed by atoms with Gasteiger partial charge in [-0.2, -0.15) is 5.10 Å². The van der Waals surface area contributed by atoms with E-state index in [2.05, 4.69) is 10.1 Å². The van der Waals surface area contributed by atoms with Crippen molar-refractivity contribution in [2.45, 2.75) is 63.7 Å². The molecule has 1 N–H and O–H groups in total. The molecule has 130 valence electrons. The highest BCUT2D eigenvalue weighted by atomic mass is 19.3. The van der Waals surface area contributed by atoms with Gasteiger partial charge < -0.3 is 5.11 Å². The van der Waals surface area contributed by atoms with Crippen molar-refractivity contribution in [2.24, 2.45) is 0 Å². The predicted molar refractivity (Wildman–Crippen MR) is 84.8 cm³/mol. The Morgan fingerprint density at radius 2 is 1.96 bits per heavy atom. The van der Waals surface area contributed by atoms with Crippen molar-refractivity contribution in [1.29, 1.82) is 0 Å². The zero-order valence-corrected chi connectivity index (χ0v) is 14.0. The van der Waals surface area contributed by atoms with Gasteiger partial charge in [0.1, 0.15) is 0 Å². The highest BCUT2D eigenvalue weighted by molar-refractivity contribution is 5.86. The minimum Gasteiger partial charge on any atom is -0.476 e. The molecule has 7 heteroatoms. The average Bonchev–Trinajstić information content (AvgIpc) is 2.89. The molecule has 24 heavy (non-hydrogen) atoms. The zero-order chi connectivity index (χ0) is 17.7. The maximum atomic E-state index is 13.4. The Kier molecular flexibility index (Phi) is 3.85. The third kappa shape index (κ3) is 3.12. The lowest BCUT2D eigenvalue weighted by molar-refractivity contribution is -0.0385.